The maximum absolute atomic E-state index is 12.1. The summed E-state index contributed by atoms with van der Waals surface area (Å²) in [5.41, 5.74) is 2.10. The van der Waals surface area contributed by atoms with E-state index in [1.165, 1.54) is 9.87 Å². The number of carbonyl (C=O) groups excluding carboxylic acids is 1. The van der Waals surface area contributed by atoms with Crippen molar-refractivity contribution in [1.82, 2.24) is 9.62 Å². The predicted octanol–water partition coefficient (Wildman–Crippen LogP) is 2.50. The Morgan fingerprint density at radius 3 is 2.15 bits per heavy atom. The van der Waals surface area contributed by atoms with E-state index in [0.717, 1.165) is 23.3 Å². The molecule has 0 aliphatic carbocycles. The first-order valence-corrected chi connectivity index (χ1v) is 11.3. The summed E-state index contributed by atoms with van der Waals surface area (Å²) in [6, 6.07) is 19.4. The second-order valence-corrected chi connectivity index (χ2v) is 8.99. The molecule has 1 amide bonds. The zero-order valence-corrected chi connectivity index (χ0v) is 16.4. The Labute approximate surface area is 159 Å². The van der Waals surface area contributed by atoms with Gasteiger partial charge in [0.05, 0.1) is 12.8 Å². The quantitative estimate of drug-likeness (QED) is 0.631. The smallest absolute Gasteiger partial charge is 0.235 e. The summed E-state index contributed by atoms with van der Waals surface area (Å²) in [6.07, 6.45) is 1.12. The zero-order chi connectivity index (χ0) is 18.8. The Balaban J connectivity index is 1.74. The van der Waals surface area contributed by atoms with E-state index in [1.54, 1.807) is 11.8 Å². The van der Waals surface area contributed by atoms with Crippen LogP contribution in [0.25, 0.3) is 0 Å². The monoisotopic (exact) mass is 392 g/mol. The third-order valence-corrected chi connectivity index (χ3v) is 5.90. The minimum absolute atomic E-state index is 0.170. The highest BCUT2D eigenvalue weighted by atomic mass is 32.2. The van der Waals surface area contributed by atoms with Gasteiger partial charge in [0.2, 0.25) is 15.9 Å². The van der Waals surface area contributed by atoms with Crippen molar-refractivity contribution in [2.45, 2.75) is 12.3 Å². The maximum Gasteiger partial charge on any atom is 0.235 e. The second-order valence-electron chi connectivity index (χ2n) is 5.90. The zero-order valence-electron chi connectivity index (χ0n) is 14.8. The average molecular weight is 393 g/mol. The fourth-order valence-electron chi connectivity index (χ4n) is 2.32. The number of sulfonamides is 1. The molecule has 2 aromatic carbocycles. The molecule has 0 saturated heterocycles. The van der Waals surface area contributed by atoms with Crippen LogP contribution in [0.15, 0.2) is 60.7 Å². The van der Waals surface area contributed by atoms with Crippen molar-refractivity contribution in [3.05, 3.63) is 71.8 Å². The molecule has 0 radical (unpaired) electrons. The molecule has 0 heterocycles. The van der Waals surface area contributed by atoms with Crippen molar-refractivity contribution in [3.63, 3.8) is 0 Å². The van der Waals surface area contributed by atoms with Crippen LogP contribution >= 0.6 is 11.8 Å². The summed E-state index contributed by atoms with van der Waals surface area (Å²) in [5, 5.41) is 2.79. The van der Waals surface area contributed by atoms with Gasteiger partial charge < -0.3 is 5.32 Å². The molecule has 0 saturated carbocycles. The molecule has 0 fully saturated rings. The van der Waals surface area contributed by atoms with Gasteiger partial charge in [0.15, 0.2) is 0 Å². The van der Waals surface area contributed by atoms with Crippen LogP contribution in [0, 0.1) is 0 Å². The molecule has 5 nitrogen and oxygen atoms in total. The van der Waals surface area contributed by atoms with Gasteiger partial charge in [-0.25, -0.2) is 8.42 Å². The van der Waals surface area contributed by atoms with Crippen molar-refractivity contribution in [2.75, 3.05) is 25.1 Å². The van der Waals surface area contributed by atoms with Gasteiger partial charge in [0, 0.05) is 24.6 Å². The number of hydrogen-bond donors (Lipinski definition) is 1. The van der Waals surface area contributed by atoms with Crippen molar-refractivity contribution < 1.29 is 13.2 Å². The van der Waals surface area contributed by atoms with E-state index in [1.807, 2.05) is 48.5 Å². The summed E-state index contributed by atoms with van der Waals surface area (Å²) in [6.45, 7) is 0.534. The molecule has 140 valence electrons. The van der Waals surface area contributed by atoms with E-state index in [9.17, 15) is 13.2 Å². The molecule has 2 rings (SSSR count). The summed E-state index contributed by atoms with van der Waals surface area (Å²) in [4.78, 5) is 12.1. The largest absolute Gasteiger partial charge is 0.354 e. The lowest BCUT2D eigenvalue weighted by Crippen LogP contribution is -2.40. The number of rotatable bonds is 10. The number of nitrogens with one attached hydrogen (secondary N) is 1. The molecule has 0 aliphatic rings. The van der Waals surface area contributed by atoms with Gasteiger partial charge in [0.1, 0.15) is 0 Å². The fourth-order valence-corrected chi connectivity index (χ4v) is 3.87. The van der Waals surface area contributed by atoms with Crippen molar-refractivity contribution in [1.29, 1.82) is 0 Å². The number of amides is 1. The summed E-state index contributed by atoms with van der Waals surface area (Å²) < 4.78 is 25.1. The highest BCUT2D eigenvalue weighted by Crippen LogP contribution is 2.11. The van der Waals surface area contributed by atoms with Crippen LogP contribution in [0.2, 0.25) is 0 Å². The first-order valence-electron chi connectivity index (χ1n) is 8.32. The Morgan fingerprint density at radius 2 is 1.58 bits per heavy atom. The lowest BCUT2D eigenvalue weighted by molar-refractivity contribution is -0.121. The summed E-state index contributed by atoms with van der Waals surface area (Å²) in [5.74, 6) is 1.38. The van der Waals surface area contributed by atoms with E-state index in [-0.39, 0.29) is 19.0 Å². The Kier molecular flexibility index (Phi) is 8.15. The molecule has 2 aromatic rings. The van der Waals surface area contributed by atoms with E-state index in [2.05, 4.69) is 17.4 Å². The van der Waals surface area contributed by atoms with Crippen LogP contribution in [0.1, 0.15) is 11.1 Å². The Bertz CT molecular complexity index is 781. The van der Waals surface area contributed by atoms with Gasteiger partial charge in [-0.2, -0.15) is 16.1 Å². The van der Waals surface area contributed by atoms with Crippen LogP contribution in [-0.4, -0.2) is 43.7 Å². The van der Waals surface area contributed by atoms with Crippen molar-refractivity contribution in [2.24, 2.45) is 0 Å². The first kappa shape index (κ1) is 20.5. The van der Waals surface area contributed by atoms with E-state index in [0.29, 0.717) is 6.54 Å². The topological polar surface area (TPSA) is 66.5 Å². The molecule has 0 aliphatic heterocycles. The molecule has 0 bridgehead atoms. The molecule has 0 aromatic heterocycles. The average Bonchev–Trinajstić information content (AvgIpc) is 2.62. The van der Waals surface area contributed by atoms with Gasteiger partial charge in [-0.1, -0.05) is 60.7 Å². The van der Waals surface area contributed by atoms with E-state index >= 15 is 0 Å². The van der Waals surface area contributed by atoms with Gasteiger partial charge in [-0.05, 0) is 11.1 Å². The van der Waals surface area contributed by atoms with E-state index < -0.39 is 10.0 Å². The number of hydrogen-bond acceptors (Lipinski definition) is 4. The highest BCUT2D eigenvalue weighted by Gasteiger charge is 2.20. The minimum atomic E-state index is -3.46. The highest BCUT2D eigenvalue weighted by molar-refractivity contribution is 7.98. The molecule has 0 unspecified atom stereocenters. The van der Waals surface area contributed by atoms with Gasteiger partial charge in [0.25, 0.3) is 0 Å². The number of nitrogens with zero attached hydrogens (tertiary/aromatic N) is 1. The molecule has 1 N–H and O–H groups in total. The molecular formula is C19H24N2O3S2. The van der Waals surface area contributed by atoms with Crippen molar-refractivity contribution >= 4 is 27.7 Å². The van der Waals surface area contributed by atoms with Gasteiger partial charge in [-0.3, -0.25) is 4.79 Å². The Hall–Kier alpha value is -1.83. The SMILES string of the molecule is CS(=O)(=O)N(CC(=O)NCCSCc1ccccc1)Cc1ccccc1. The summed E-state index contributed by atoms with van der Waals surface area (Å²) in [7, 11) is -3.46. The van der Waals surface area contributed by atoms with Gasteiger partial charge in [-0.15, -0.1) is 0 Å². The molecule has 0 spiro atoms. The lowest BCUT2D eigenvalue weighted by atomic mass is 10.2. The number of benzene rings is 2. The normalized spacial score (nSPS) is 11.5. The van der Waals surface area contributed by atoms with Crippen LogP contribution in [0.5, 0.6) is 0 Å². The standard InChI is InChI=1S/C19H24N2O3S2/c1-26(23,24)21(14-17-8-4-2-5-9-17)15-19(22)20-12-13-25-16-18-10-6-3-7-11-18/h2-11H,12-16H2,1H3,(H,20,22). The van der Waals surface area contributed by atoms with E-state index in [4.69, 9.17) is 0 Å². The fraction of sp³-hybridized carbons (Fsp3) is 0.316. The van der Waals surface area contributed by atoms with Crippen molar-refractivity contribution in [3.8, 4) is 0 Å². The maximum atomic E-state index is 12.1. The third kappa shape index (κ3) is 7.59. The molecule has 7 heteroatoms. The molecule has 26 heavy (non-hydrogen) atoms. The molecule has 0 atom stereocenters. The van der Waals surface area contributed by atoms with Crippen LogP contribution < -0.4 is 5.32 Å². The molecular weight excluding hydrogens is 368 g/mol. The van der Waals surface area contributed by atoms with Crippen LogP contribution in [0.4, 0.5) is 0 Å². The van der Waals surface area contributed by atoms with Crippen LogP contribution in [0.3, 0.4) is 0 Å². The first-order chi connectivity index (χ1) is 12.4. The number of thioether (sulfide) groups is 1. The van der Waals surface area contributed by atoms with Crippen LogP contribution in [-0.2, 0) is 27.1 Å². The predicted molar refractivity (Wildman–Crippen MR) is 107 cm³/mol. The lowest BCUT2D eigenvalue weighted by Gasteiger charge is -2.19. The number of carbonyl (C=O) groups is 1. The van der Waals surface area contributed by atoms with Gasteiger partial charge >= 0.3 is 0 Å². The Morgan fingerprint density at radius 1 is 1.00 bits per heavy atom. The summed E-state index contributed by atoms with van der Waals surface area (Å²) >= 11 is 1.73. The third-order valence-electron chi connectivity index (χ3n) is 3.67. The minimum Gasteiger partial charge on any atom is -0.354 e. The second kappa shape index (κ2) is 10.4.